The van der Waals surface area contributed by atoms with Crippen LogP contribution in [0.1, 0.15) is 24.2 Å². The van der Waals surface area contributed by atoms with Crippen LogP contribution in [-0.4, -0.2) is 34.2 Å². The fourth-order valence-electron chi connectivity index (χ4n) is 1.40. The van der Waals surface area contributed by atoms with Gasteiger partial charge in [0, 0.05) is 6.61 Å². The zero-order valence-corrected chi connectivity index (χ0v) is 12.4. The molecule has 0 heterocycles. The molecule has 0 aliphatic carbocycles. The maximum absolute atomic E-state index is 11.7. The van der Waals surface area contributed by atoms with Crippen LogP contribution in [0.25, 0.3) is 0 Å². The van der Waals surface area contributed by atoms with E-state index in [4.69, 9.17) is 14.6 Å². The Morgan fingerprint density at radius 2 is 2.00 bits per heavy atom. The number of ether oxygens (including phenoxy) is 2. The van der Waals surface area contributed by atoms with Crippen LogP contribution in [0.5, 0.6) is 0 Å². The van der Waals surface area contributed by atoms with E-state index in [0.29, 0.717) is 19.1 Å². The Bertz CT molecular complexity index is 554. The van der Waals surface area contributed by atoms with Crippen LogP contribution in [-0.2, 0) is 19.5 Å². The van der Waals surface area contributed by atoms with Crippen molar-refractivity contribution in [1.29, 1.82) is 0 Å². The number of benzene rings is 1. The molecule has 20 heavy (non-hydrogen) atoms. The molecule has 0 aliphatic heterocycles. The Morgan fingerprint density at radius 3 is 2.60 bits per heavy atom. The third-order valence-corrected chi connectivity index (χ3v) is 3.22. The first kappa shape index (κ1) is 16.6. The fraction of sp³-hybridized carbons (Fsp3) is 0.462. The van der Waals surface area contributed by atoms with Gasteiger partial charge in [0.25, 0.3) is 0 Å². The average Bonchev–Trinajstić information content (AvgIpc) is 2.37. The second-order valence-electron chi connectivity index (χ2n) is 4.68. The van der Waals surface area contributed by atoms with Crippen molar-refractivity contribution >= 4 is 16.0 Å². The summed E-state index contributed by atoms with van der Waals surface area (Å²) < 4.78 is 32.6. The van der Waals surface area contributed by atoms with Crippen LogP contribution >= 0.6 is 0 Å². The summed E-state index contributed by atoms with van der Waals surface area (Å²) in [4.78, 5) is 11.6. The standard InChI is InChI=1S/C13H19NO5S/c1-10(2)9-18-6-7-19-13(15)11-4-3-5-12(8-11)20(14,16)17/h3-5,8,10H,6-7,9H2,1-2H3,(H2,14,16,17). The zero-order chi connectivity index (χ0) is 15.2. The average molecular weight is 301 g/mol. The van der Waals surface area contributed by atoms with Gasteiger partial charge in [0.05, 0.1) is 17.1 Å². The summed E-state index contributed by atoms with van der Waals surface area (Å²) in [7, 11) is -3.83. The van der Waals surface area contributed by atoms with E-state index < -0.39 is 16.0 Å². The number of carbonyl (C=O) groups is 1. The molecule has 0 saturated heterocycles. The summed E-state index contributed by atoms with van der Waals surface area (Å²) in [6, 6.07) is 5.40. The van der Waals surface area contributed by atoms with Gasteiger partial charge < -0.3 is 9.47 Å². The molecule has 2 N–H and O–H groups in total. The zero-order valence-electron chi connectivity index (χ0n) is 11.5. The number of rotatable bonds is 7. The lowest BCUT2D eigenvalue weighted by molar-refractivity contribution is 0.0277. The van der Waals surface area contributed by atoms with Gasteiger partial charge in [0.15, 0.2) is 0 Å². The molecule has 7 heteroatoms. The second-order valence-corrected chi connectivity index (χ2v) is 6.24. The van der Waals surface area contributed by atoms with E-state index in [0.717, 1.165) is 0 Å². The van der Waals surface area contributed by atoms with Crippen LogP contribution in [0, 0.1) is 5.92 Å². The predicted molar refractivity (Wildman–Crippen MR) is 73.8 cm³/mol. The number of nitrogens with two attached hydrogens (primary N) is 1. The highest BCUT2D eigenvalue weighted by atomic mass is 32.2. The third kappa shape index (κ3) is 5.68. The first-order chi connectivity index (χ1) is 9.30. The van der Waals surface area contributed by atoms with Gasteiger partial charge in [-0.2, -0.15) is 0 Å². The van der Waals surface area contributed by atoms with Crippen molar-refractivity contribution in [2.24, 2.45) is 11.1 Å². The smallest absolute Gasteiger partial charge is 0.338 e. The van der Waals surface area contributed by atoms with Crippen LogP contribution in [0.15, 0.2) is 29.2 Å². The number of hydrogen-bond donors (Lipinski definition) is 1. The Balaban J connectivity index is 2.52. The molecule has 1 rings (SSSR count). The largest absolute Gasteiger partial charge is 0.460 e. The molecule has 0 atom stereocenters. The number of sulfonamides is 1. The van der Waals surface area contributed by atoms with E-state index in [2.05, 4.69) is 0 Å². The number of primary sulfonamides is 1. The van der Waals surface area contributed by atoms with E-state index in [-0.39, 0.29) is 17.1 Å². The molecule has 0 aliphatic rings. The van der Waals surface area contributed by atoms with Gasteiger partial charge >= 0.3 is 5.97 Å². The minimum atomic E-state index is -3.83. The van der Waals surface area contributed by atoms with Crippen LogP contribution in [0.3, 0.4) is 0 Å². The summed E-state index contributed by atoms with van der Waals surface area (Å²) in [6.07, 6.45) is 0. The highest BCUT2D eigenvalue weighted by Crippen LogP contribution is 2.10. The molecule has 0 fully saturated rings. The summed E-state index contributed by atoms with van der Waals surface area (Å²) in [5, 5.41) is 4.99. The molecule has 6 nitrogen and oxygen atoms in total. The normalized spacial score (nSPS) is 11.6. The Labute approximate surface area is 118 Å². The molecule has 0 aromatic heterocycles. The van der Waals surface area contributed by atoms with Crippen molar-refractivity contribution < 1.29 is 22.7 Å². The Morgan fingerprint density at radius 1 is 1.30 bits per heavy atom. The number of esters is 1. The van der Waals surface area contributed by atoms with Crippen LogP contribution < -0.4 is 5.14 Å². The fourth-order valence-corrected chi connectivity index (χ4v) is 1.96. The molecule has 0 radical (unpaired) electrons. The van der Waals surface area contributed by atoms with Crippen molar-refractivity contribution in [2.45, 2.75) is 18.7 Å². The Hall–Kier alpha value is -1.44. The minimum absolute atomic E-state index is 0.116. The quantitative estimate of drug-likeness (QED) is 0.602. The summed E-state index contributed by atoms with van der Waals surface area (Å²) in [6.45, 7) is 5.05. The van der Waals surface area contributed by atoms with Gasteiger partial charge in [-0.25, -0.2) is 18.4 Å². The number of hydrogen-bond acceptors (Lipinski definition) is 5. The van der Waals surface area contributed by atoms with Crippen LogP contribution in [0.4, 0.5) is 0 Å². The van der Waals surface area contributed by atoms with Crippen molar-refractivity contribution in [1.82, 2.24) is 0 Å². The molecule has 112 valence electrons. The third-order valence-electron chi connectivity index (χ3n) is 2.31. The molecule has 1 aromatic carbocycles. The molecule has 1 aromatic rings. The van der Waals surface area contributed by atoms with Gasteiger partial charge in [0.1, 0.15) is 6.61 Å². The maximum Gasteiger partial charge on any atom is 0.338 e. The molecular weight excluding hydrogens is 282 g/mol. The first-order valence-electron chi connectivity index (χ1n) is 6.18. The SMILES string of the molecule is CC(C)COCCOC(=O)c1cccc(S(N)(=O)=O)c1. The van der Waals surface area contributed by atoms with Crippen molar-refractivity contribution in [3.63, 3.8) is 0 Å². The van der Waals surface area contributed by atoms with Gasteiger partial charge in [-0.15, -0.1) is 0 Å². The van der Waals surface area contributed by atoms with Gasteiger partial charge in [-0.1, -0.05) is 19.9 Å². The maximum atomic E-state index is 11.7. The van der Waals surface area contributed by atoms with Gasteiger partial charge in [-0.05, 0) is 24.1 Å². The first-order valence-corrected chi connectivity index (χ1v) is 7.73. The molecule has 0 bridgehead atoms. The van der Waals surface area contributed by atoms with Crippen molar-refractivity contribution in [2.75, 3.05) is 19.8 Å². The van der Waals surface area contributed by atoms with E-state index in [1.807, 2.05) is 13.8 Å². The topological polar surface area (TPSA) is 95.7 Å². The predicted octanol–water partition coefficient (Wildman–Crippen LogP) is 1.16. The van der Waals surface area contributed by atoms with Crippen LogP contribution in [0.2, 0.25) is 0 Å². The molecule has 0 saturated carbocycles. The van der Waals surface area contributed by atoms with Gasteiger partial charge in [0.2, 0.25) is 10.0 Å². The molecule has 0 amide bonds. The lowest BCUT2D eigenvalue weighted by atomic mass is 10.2. The molecule has 0 unspecified atom stereocenters. The van der Waals surface area contributed by atoms with E-state index in [1.54, 1.807) is 0 Å². The summed E-state index contributed by atoms with van der Waals surface area (Å²) >= 11 is 0. The van der Waals surface area contributed by atoms with Gasteiger partial charge in [-0.3, -0.25) is 0 Å². The van der Waals surface area contributed by atoms with Crippen molar-refractivity contribution in [3.05, 3.63) is 29.8 Å². The highest BCUT2D eigenvalue weighted by Gasteiger charge is 2.12. The monoisotopic (exact) mass is 301 g/mol. The molecular formula is C13H19NO5S. The van der Waals surface area contributed by atoms with E-state index >= 15 is 0 Å². The lowest BCUT2D eigenvalue weighted by Crippen LogP contribution is -2.15. The number of carbonyl (C=O) groups excluding carboxylic acids is 1. The van der Waals surface area contributed by atoms with E-state index in [1.165, 1.54) is 24.3 Å². The molecule has 0 spiro atoms. The lowest BCUT2D eigenvalue weighted by Gasteiger charge is -2.08. The highest BCUT2D eigenvalue weighted by molar-refractivity contribution is 7.89. The summed E-state index contributed by atoms with van der Waals surface area (Å²) in [5.74, 6) is -0.194. The van der Waals surface area contributed by atoms with Crippen molar-refractivity contribution in [3.8, 4) is 0 Å². The van der Waals surface area contributed by atoms with E-state index in [9.17, 15) is 13.2 Å². The second kappa shape index (κ2) is 7.37. The summed E-state index contributed by atoms with van der Waals surface area (Å²) in [5.41, 5.74) is 0.139. The Kier molecular flexibility index (Phi) is 6.12. The minimum Gasteiger partial charge on any atom is -0.460 e.